The minimum Gasteiger partial charge on any atom is -0.0584 e. The number of hydrogen-bond acceptors (Lipinski definition) is 0. The van der Waals surface area contributed by atoms with E-state index in [1.165, 1.54) is 34.7 Å². The van der Waals surface area contributed by atoms with Crippen molar-refractivity contribution in [1.82, 2.24) is 0 Å². The van der Waals surface area contributed by atoms with Gasteiger partial charge in [0.2, 0.25) is 0 Å². The molecule has 0 fully saturated rings. The average molecular weight is 182 g/mol. The van der Waals surface area contributed by atoms with Gasteiger partial charge in [-0.1, -0.05) is 29.8 Å². The third kappa shape index (κ3) is 0.942. The lowest BCUT2D eigenvalue weighted by atomic mass is 9.99. The van der Waals surface area contributed by atoms with Crippen LogP contribution in [0.5, 0.6) is 0 Å². The van der Waals surface area contributed by atoms with E-state index in [1.807, 2.05) is 0 Å². The average Bonchev–Trinajstić information content (AvgIpc) is 2.56. The van der Waals surface area contributed by atoms with E-state index in [1.54, 1.807) is 11.1 Å². The SMILES string of the molecule is Cc1cc2c3c(c(C)ccc3c1)CC2. The van der Waals surface area contributed by atoms with Gasteiger partial charge < -0.3 is 0 Å². The fourth-order valence-electron chi connectivity index (χ4n) is 2.68. The summed E-state index contributed by atoms with van der Waals surface area (Å²) in [5.41, 5.74) is 5.99. The summed E-state index contributed by atoms with van der Waals surface area (Å²) in [5, 5.41) is 2.97. The number of rotatable bonds is 0. The first kappa shape index (κ1) is 8.05. The largest absolute Gasteiger partial charge is 0.0584 e. The Morgan fingerprint density at radius 2 is 1.86 bits per heavy atom. The van der Waals surface area contributed by atoms with Crippen molar-refractivity contribution in [3.63, 3.8) is 0 Å². The van der Waals surface area contributed by atoms with Gasteiger partial charge in [-0.15, -0.1) is 0 Å². The van der Waals surface area contributed by atoms with Crippen molar-refractivity contribution in [2.45, 2.75) is 26.7 Å². The molecule has 2 aromatic carbocycles. The number of benzene rings is 2. The van der Waals surface area contributed by atoms with Crippen molar-refractivity contribution < 1.29 is 0 Å². The maximum absolute atomic E-state index is 2.35. The highest BCUT2D eigenvalue weighted by molar-refractivity contribution is 5.92. The third-order valence-electron chi connectivity index (χ3n) is 3.33. The zero-order valence-corrected chi connectivity index (χ0v) is 8.72. The van der Waals surface area contributed by atoms with Crippen LogP contribution in [-0.4, -0.2) is 0 Å². The lowest BCUT2D eigenvalue weighted by molar-refractivity contribution is 1.01. The molecule has 1 aliphatic carbocycles. The molecule has 0 atom stereocenters. The van der Waals surface area contributed by atoms with Gasteiger partial charge in [0.05, 0.1) is 0 Å². The molecule has 14 heavy (non-hydrogen) atoms. The lowest BCUT2D eigenvalue weighted by Crippen LogP contribution is -1.84. The van der Waals surface area contributed by atoms with Gasteiger partial charge in [0, 0.05) is 0 Å². The van der Waals surface area contributed by atoms with Crippen LogP contribution in [0.3, 0.4) is 0 Å². The summed E-state index contributed by atoms with van der Waals surface area (Å²) in [6, 6.07) is 9.16. The molecule has 0 bridgehead atoms. The number of hydrogen-bond donors (Lipinski definition) is 0. The molecule has 70 valence electrons. The zero-order valence-electron chi connectivity index (χ0n) is 8.72. The van der Waals surface area contributed by atoms with Crippen molar-refractivity contribution in [3.05, 3.63) is 46.5 Å². The molecule has 0 aromatic heterocycles. The summed E-state index contributed by atoms with van der Waals surface area (Å²) in [6.07, 6.45) is 2.47. The predicted molar refractivity (Wildman–Crippen MR) is 60.8 cm³/mol. The highest BCUT2D eigenvalue weighted by atomic mass is 14.2. The van der Waals surface area contributed by atoms with Crippen LogP contribution in [0.25, 0.3) is 10.8 Å². The topological polar surface area (TPSA) is 0 Å². The molecule has 0 amide bonds. The molecule has 0 saturated heterocycles. The Bertz CT molecular complexity index is 521. The van der Waals surface area contributed by atoms with E-state index in [4.69, 9.17) is 0 Å². The minimum atomic E-state index is 1.23. The molecular formula is C14H14. The van der Waals surface area contributed by atoms with Crippen LogP contribution >= 0.6 is 0 Å². The summed E-state index contributed by atoms with van der Waals surface area (Å²) in [6.45, 7) is 4.41. The van der Waals surface area contributed by atoms with E-state index in [2.05, 4.69) is 38.1 Å². The van der Waals surface area contributed by atoms with Gasteiger partial charge in [-0.3, -0.25) is 0 Å². The molecule has 3 rings (SSSR count). The summed E-state index contributed by atoms with van der Waals surface area (Å²) < 4.78 is 0. The van der Waals surface area contributed by atoms with E-state index < -0.39 is 0 Å². The van der Waals surface area contributed by atoms with Crippen LogP contribution in [0.1, 0.15) is 22.3 Å². The highest BCUT2D eigenvalue weighted by Gasteiger charge is 2.15. The van der Waals surface area contributed by atoms with Crippen LogP contribution in [0, 0.1) is 13.8 Å². The van der Waals surface area contributed by atoms with Crippen molar-refractivity contribution >= 4 is 10.8 Å². The van der Waals surface area contributed by atoms with Gasteiger partial charge in [-0.2, -0.15) is 0 Å². The Kier molecular flexibility index (Phi) is 1.49. The fraction of sp³-hybridized carbons (Fsp3) is 0.286. The first-order chi connectivity index (χ1) is 6.75. The van der Waals surface area contributed by atoms with Crippen molar-refractivity contribution in [3.8, 4) is 0 Å². The third-order valence-corrected chi connectivity index (χ3v) is 3.33. The second kappa shape index (κ2) is 2.60. The normalized spacial score (nSPS) is 13.9. The molecular weight excluding hydrogens is 168 g/mol. The maximum Gasteiger partial charge on any atom is -0.0117 e. The van der Waals surface area contributed by atoms with Crippen LogP contribution in [0.15, 0.2) is 24.3 Å². The molecule has 0 nitrogen and oxygen atoms in total. The van der Waals surface area contributed by atoms with Crippen molar-refractivity contribution in [1.29, 1.82) is 0 Å². The monoisotopic (exact) mass is 182 g/mol. The van der Waals surface area contributed by atoms with E-state index in [-0.39, 0.29) is 0 Å². The van der Waals surface area contributed by atoms with Crippen molar-refractivity contribution in [2.24, 2.45) is 0 Å². The van der Waals surface area contributed by atoms with E-state index >= 15 is 0 Å². The minimum absolute atomic E-state index is 1.23. The zero-order chi connectivity index (χ0) is 9.71. The second-order valence-electron chi connectivity index (χ2n) is 4.38. The molecule has 0 aliphatic heterocycles. The van der Waals surface area contributed by atoms with Gasteiger partial charge in [0.1, 0.15) is 0 Å². The Morgan fingerprint density at radius 3 is 2.71 bits per heavy atom. The Morgan fingerprint density at radius 1 is 1.00 bits per heavy atom. The van der Waals surface area contributed by atoms with Gasteiger partial charge >= 0.3 is 0 Å². The molecule has 0 heterocycles. The molecule has 1 aliphatic rings. The Balaban J connectivity index is 2.52. The molecule has 0 radical (unpaired) electrons. The molecule has 0 heteroatoms. The van der Waals surface area contributed by atoms with Crippen LogP contribution in [-0.2, 0) is 12.8 Å². The van der Waals surface area contributed by atoms with Gasteiger partial charge in [-0.05, 0) is 54.2 Å². The fourth-order valence-corrected chi connectivity index (χ4v) is 2.68. The van der Waals surface area contributed by atoms with Crippen LogP contribution in [0.4, 0.5) is 0 Å². The molecule has 2 aromatic rings. The number of aryl methyl sites for hydroxylation is 4. The summed E-state index contributed by atoms with van der Waals surface area (Å²) >= 11 is 0. The first-order valence-corrected chi connectivity index (χ1v) is 5.27. The maximum atomic E-state index is 2.35. The van der Waals surface area contributed by atoms with Gasteiger partial charge in [-0.25, -0.2) is 0 Å². The molecule has 0 unspecified atom stereocenters. The van der Waals surface area contributed by atoms with Gasteiger partial charge in [0.15, 0.2) is 0 Å². The predicted octanol–water partition coefficient (Wildman–Crippen LogP) is 3.56. The Labute approximate surface area is 84.6 Å². The quantitative estimate of drug-likeness (QED) is 0.584. The lowest BCUT2D eigenvalue weighted by Gasteiger charge is -2.05. The van der Waals surface area contributed by atoms with Gasteiger partial charge in [0.25, 0.3) is 0 Å². The van der Waals surface area contributed by atoms with E-state index in [0.29, 0.717) is 0 Å². The van der Waals surface area contributed by atoms with E-state index in [0.717, 1.165) is 0 Å². The molecule has 0 N–H and O–H groups in total. The van der Waals surface area contributed by atoms with E-state index in [9.17, 15) is 0 Å². The molecule has 0 spiro atoms. The summed E-state index contributed by atoms with van der Waals surface area (Å²) in [4.78, 5) is 0. The second-order valence-corrected chi connectivity index (χ2v) is 4.38. The van der Waals surface area contributed by atoms with Crippen molar-refractivity contribution in [2.75, 3.05) is 0 Å². The Hall–Kier alpha value is -1.30. The van der Waals surface area contributed by atoms with Crippen LogP contribution < -0.4 is 0 Å². The molecule has 0 saturated carbocycles. The summed E-state index contributed by atoms with van der Waals surface area (Å²) in [7, 11) is 0. The first-order valence-electron chi connectivity index (χ1n) is 5.27. The standard InChI is InChI=1S/C14H14/c1-9-7-11-4-3-10(2)13-6-5-12(8-9)14(11)13/h3-4,7-8H,5-6H2,1-2H3. The highest BCUT2D eigenvalue weighted by Crippen LogP contribution is 2.33. The smallest absolute Gasteiger partial charge is 0.0117 e. The van der Waals surface area contributed by atoms with Crippen LogP contribution in [0.2, 0.25) is 0 Å². The summed E-state index contributed by atoms with van der Waals surface area (Å²) in [5.74, 6) is 0.